The molecular formula is C8H8ClO3P. The van der Waals surface area contributed by atoms with Crippen LogP contribution < -0.4 is 4.52 Å². The van der Waals surface area contributed by atoms with Crippen LogP contribution in [0.1, 0.15) is 11.1 Å². The highest BCUT2D eigenvalue weighted by Gasteiger charge is 2.30. The largest absolute Gasteiger partial charge is 0.477 e. The minimum Gasteiger partial charge on any atom is -0.413 e. The second-order valence-electron chi connectivity index (χ2n) is 2.86. The Bertz CT molecular complexity index is 391. The van der Waals surface area contributed by atoms with Crippen molar-refractivity contribution in [1.29, 1.82) is 0 Å². The van der Waals surface area contributed by atoms with E-state index in [1.807, 2.05) is 25.1 Å². The molecule has 1 aliphatic heterocycles. The number of para-hydroxylation sites is 1. The second kappa shape index (κ2) is 3.02. The summed E-state index contributed by atoms with van der Waals surface area (Å²) < 4.78 is 21.2. The molecule has 0 saturated carbocycles. The van der Waals surface area contributed by atoms with Crippen LogP contribution in [0.4, 0.5) is 0 Å². The minimum absolute atomic E-state index is 0.248. The van der Waals surface area contributed by atoms with Gasteiger partial charge in [-0.05, 0) is 12.5 Å². The third-order valence-corrected chi connectivity index (χ3v) is 3.21. The highest BCUT2D eigenvalue weighted by Crippen LogP contribution is 2.58. The van der Waals surface area contributed by atoms with Crippen molar-refractivity contribution in [3.63, 3.8) is 0 Å². The van der Waals surface area contributed by atoms with Crippen LogP contribution in [-0.4, -0.2) is 0 Å². The van der Waals surface area contributed by atoms with Gasteiger partial charge < -0.3 is 4.52 Å². The van der Waals surface area contributed by atoms with Gasteiger partial charge >= 0.3 is 6.95 Å². The molecule has 1 atom stereocenters. The van der Waals surface area contributed by atoms with E-state index in [9.17, 15) is 4.57 Å². The molecule has 0 spiro atoms. The number of halogens is 1. The Labute approximate surface area is 80.9 Å². The molecule has 0 aromatic heterocycles. The summed E-state index contributed by atoms with van der Waals surface area (Å²) in [5, 5.41) is 0. The van der Waals surface area contributed by atoms with Crippen molar-refractivity contribution in [2.75, 3.05) is 0 Å². The zero-order valence-electron chi connectivity index (χ0n) is 6.99. The van der Waals surface area contributed by atoms with E-state index in [4.69, 9.17) is 20.3 Å². The lowest BCUT2D eigenvalue weighted by atomic mass is 10.1. The average Bonchev–Trinajstić information content (AvgIpc) is 2.06. The van der Waals surface area contributed by atoms with Crippen molar-refractivity contribution in [3.8, 4) is 5.75 Å². The molecule has 0 amide bonds. The molecule has 0 bridgehead atoms. The molecule has 0 aliphatic carbocycles. The van der Waals surface area contributed by atoms with Crippen LogP contribution in [0.3, 0.4) is 0 Å². The molecule has 3 nitrogen and oxygen atoms in total. The maximum atomic E-state index is 11.3. The Balaban J connectivity index is 2.50. The predicted octanol–water partition coefficient (Wildman–Crippen LogP) is 3.25. The van der Waals surface area contributed by atoms with Crippen LogP contribution in [0.5, 0.6) is 5.75 Å². The molecule has 1 heterocycles. The van der Waals surface area contributed by atoms with E-state index in [0.29, 0.717) is 5.75 Å². The molecule has 2 rings (SSSR count). The fourth-order valence-corrected chi connectivity index (χ4v) is 2.42. The lowest BCUT2D eigenvalue weighted by molar-refractivity contribution is 0.245. The van der Waals surface area contributed by atoms with Crippen LogP contribution >= 0.6 is 18.2 Å². The lowest BCUT2D eigenvalue weighted by Gasteiger charge is -2.22. The van der Waals surface area contributed by atoms with Gasteiger partial charge in [0.1, 0.15) is 5.75 Å². The zero-order chi connectivity index (χ0) is 9.47. The van der Waals surface area contributed by atoms with Gasteiger partial charge in [0.25, 0.3) is 0 Å². The Morgan fingerprint density at radius 1 is 1.54 bits per heavy atom. The van der Waals surface area contributed by atoms with Crippen LogP contribution in [0, 0.1) is 6.92 Å². The maximum absolute atomic E-state index is 11.3. The second-order valence-corrected chi connectivity index (χ2v) is 5.40. The first-order valence-electron chi connectivity index (χ1n) is 3.81. The first-order valence-corrected chi connectivity index (χ1v) is 6.25. The first kappa shape index (κ1) is 9.07. The summed E-state index contributed by atoms with van der Waals surface area (Å²) >= 11 is 5.48. The van der Waals surface area contributed by atoms with E-state index in [1.54, 1.807) is 0 Å². The third kappa shape index (κ3) is 1.73. The van der Waals surface area contributed by atoms with E-state index in [1.165, 1.54) is 0 Å². The van der Waals surface area contributed by atoms with Gasteiger partial charge in [-0.1, -0.05) is 18.2 Å². The summed E-state index contributed by atoms with van der Waals surface area (Å²) in [6.45, 7) is -1.25. The Morgan fingerprint density at radius 2 is 2.31 bits per heavy atom. The van der Waals surface area contributed by atoms with Crippen molar-refractivity contribution in [1.82, 2.24) is 0 Å². The normalized spacial score (nSPS) is 26.3. The number of hydrogen-bond acceptors (Lipinski definition) is 3. The van der Waals surface area contributed by atoms with E-state index in [2.05, 4.69) is 0 Å². The predicted molar refractivity (Wildman–Crippen MR) is 50.1 cm³/mol. The molecule has 0 radical (unpaired) electrons. The van der Waals surface area contributed by atoms with Crippen LogP contribution in [-0.2, 0) is 15.7 Å². The van der Waals surface area contributed by atoms with E-state index in [-0.39, 0.29) is 6.61 Å². The highest BCUT2D eigenvalue weighted by molar-refractivity contribution is 7.81. The van der Waals surface area contributed by atoms with E-state index >= 15 is 0 Å². The Morgan fingerprint density at radius 3 is 3.08 bits per heavy atom. The minimum atomic E-state index is -3.37. The van der Waals surface area contributed by atoms with E-state index in [0.717, 1.165) is 11.1 Å². The Kier molecular flexibility index (Phi) is 2.11. The van der Waals surface area contributed by atoms with Gasteiger partial charge in [0.15, 0.2) is 0 Å². The van der Waals surface area contributed by atoms with Crippen LogP contribution in [0.25, 0.3) is 0 Å². The molecule has 1 aliphatic rings. The number of hydrogen-bond donors (Lipinski definition) is 0. The molecule has 70 valence electrons. The number of rotatable bonds is 0. The first-order chi connectivity index (χ1) is 6.08. The zero-order valence-corrected chi connectivity index (χ0v) is 8.64. The van der Waals surface area contributed by atoms with Gasteiger partial charge in [0, 0.05) is 16.8 Å². The van der Waals surface area contributed by atoms with Crippen LogP contribution in [0.2, 0.25) is 0 Å². The standard InChI is InChI=1S/C8H8ClO3P/c1-6-3-2-4-7-5-11-13(9,10)12-8(6)7/h2-4H,5H2,1H3. The summed E-state index contributed by atoms with van der Waals surface area (Å²) in [5.41, 5.74) is 1.80. The molecule has 0 fully saturated rings. The lowest BCUT2D eigenvalue weighted by Crippen LogP contribution is -2.04. The molecule has 0 N–H and O–H groups in total. The topological polar surface area (TPSA) is 35.5 Å². The SMILES string of the molecule is Cc1cccc2c1OP(=O)(Cl)OC2. The van der Waals surface area contributed by atoms with Gasteiger partial charge in [-0.15, -0.1) is 0 Å². The van der Waals surface area contributed by atoms with Crippen molar-refractivity contribution in [2.45, 2.75) is 13.5 Å². The summed E-state index contributed by atoms with van der Waals surface area (Å²) in [6.07, 6.45) is 0. The fourth-order valence-electron chi connectivity index (χ4n) is 1.24. The quantitative estimate of drug-likeness (QED) is 0.627. The molecule has 5 heteroatoms. The van der Waals surface area contributed by atoms with Crippen molar-refractivity contribution >= 4 is 18.2 Å². The summed E-state index contributed by atoms with van der Waals surface area (Å²) in [7, 11) is 0. The van der Waals surface area contributed by atoms with Crippen LogP contribution in [0.15, 0.2) is 18.2 Å². The highest BCUT2D eigenvalue weighted by atomic mass is 35.7. The van der Waals surface area contributed by atoms with Crippen molar-refractivity contribution < 1.29 is 13.6 Å². The molecule has 1 aromatic carbocycles. The fraction of sp³-hybridized carbons (Fsp3) is 0.250. The molecule has 1 aromatic rings. The number of fused-ring (bicyclic) bond motifs is 1. The van der Waals surface area contributed by atoms with Gasteiger partial charge in [0.05, 0.1) is 6.61 Å². The molecule has 1 unspecified atom stereocenters. The van der Waals surface area contributed by atoms with Crippen molar-refractivity contribution in [2.24, 2.45) is 0 Å². The monoisotopic (exact) mass is 218 g/mol. The smallest absolute Gasteiger partial charge is 0.413 e. The maximum Gasteiger partial charge on any atom is 0.477 e. The number of benzene rings is 1. The summed E-state index contributed by atoms with van der Waals surface area (Å²) in [4.78, 5) is 0. The third-order valence-electron chi connectivity index (χ3n) is 1.87. The van der Waals surface area contributed by atoms with E-state index < -0.39 is 6.95 Å². The molecule has 13 heavy (non-hydrogen) atoms. The Hall–Kier alpha value is -0.500. The summed E-state index contributed by atoms with van der Waals surface area (Å²) in [5.74, 6) is 0.590. The van der Waals surface area contributed by atoms with Gasteiger partial charge in [-0.2, -0.15) is 0 Å². The summed E-state index contributed by atoms with van der Waals surface area (Å²) in [6, 6.07) is 5.63. The molecule has 0 saturated heterocycles. The molecular weight excluding hydrogens is 211 g/mol. The van der Waals surface area contributed by atoms with Gasteiger partial charge in [0.2, 0.25) is 0 Å². The van der Waals surface area contributed by atoms with Gasteiger partial charge in [-0.25, -0.2) is 4.57 Å². The average molecular weight is 219 g/mol. The number of aryl methyl sites for hydroxylation is 1. The van der Waals surface area contributed by atoms with Gasteiger partial charge in [-0.3, -0.25) is 4.52 Å². The van der Waals surface area contributed by atoms with Crippen molar-refractivity contribution in [3.05, 3.63) is 29.3 Å².